The van der Waals surface area contributed by atoms with E-state index in [1.54, 1.807) is 13.8 Å². The highest BCUT2D eigenvalue weighted by atomic mass is 16.6. The molecular weight excluding hydrogens is 466 g/mol. The fourth-order valence-electron chi connectivity index (χ4n) is 6.28. The van der Waals surface area contributed by atoms with Crippen molar-refractivity contribution in [2.24, 2.45) is 28.9 Å². The first-order valence-electron chi connectivity index (χ1n) is 15.5. The molecule has 3 N–H and O–H groups in total. The van der Waals surface area contributed by atoms with Crippen molar-refractivity contribution in [3.05, 3.63) is 0 Å². The van der Waals surface area contributed by atoms with E-state index in [1.165, 1.54) is 77.0 Å². The van der Waals surface area contributed by atoms with Gasteiger partial charge >= 0.3 is 11.9 Å². The molecule has 1 aliphatic heterocycles. The van der Waals surface area contributed by atoms with E-state index >= 15 is 0 Å². The summed E-state index contributed by atoms with van der Waals surface area (Å²) in [5.41, 5.74) is 4.11. The van der Waals surface area contributed by atoms with E-state index in [2.05, 4.69) is 6.92 Å². The fourth-order valence-corrected chi connectivity index (χ4v) is 6.28. The number of primary amides is 1. The van der Waals surface area contributed by atoms with Gasteiger partial charge in [-0.25, -0.2) is 0 Å². The number of rotatable bonds is 24. The van der Waals surface area contributed by atoms with E-state index in [0.29, 0.717) is 12.8 Å². The van der Waals surface area contributed by atoms with E-state index in [9.17, 15) is 19.5 Å². The number of ether oxygens (including phenoxy) is 1. The van der Waals surface area contributed by atoms with Crippen LogP contribution in [-0.4, -0.2) is 29.1 Å². The summed E-state index contributed by atoms with van der Waals surface area (Å²) in [5.74, 6) is -3.22. The standard InChI is InChI=1S/C31H57NO5/c1-5-7-8-9-10-11-12-13-14-15-16-17-18-19-20-22-25(23-27-26(21-6-2)28(33)37-27)31(24(3)4,29(32)34)30(35)36/h24-27H,5-23H2,1-4H3,(H2,32,34)(H,35,36)/t25-,26+,27+,31+/m0/s1. The number of nitrogens with two attached hydrogens (primary N) is 1. The van der Waals surface area contributed by atoms with Crippen LogP contribution in [0.3, 0.4) is 0 Å². The molecule has 1 heterocycles. The van der Waals surface area contributed by atoms with Gasteiger partial charge in [0.2, 0.25) is 5.91 Å². The summed E-state index contributed by atoms with van der Waals surface area (Å²) < 4.78 is 5.41. The minimum Gasteiger partial charge on any atom is -0.480 e. The van der Waals surface area contributed by atoms with Crippen LogP contribution in [0.4, 0.5) is 0 Å². The molecule has 0 bridgehead atoms. The minimum absolute atomic E-state index is 0.194. The summed E-state index contributed by atoms with van der Waals surface area (Å²) >= 11 is 0. The van der Waals surface area contributed by atoms with Crippen molar-refractivity contribution in [3.63, 3.8) is 0 Å². The van der Waals surface area contributed by atoms with Gasteiger partial charge in [-0.05, 0) is 31.1 Å². The van der Waals surface area contributed by atoms with Gasteiger partial charge < -0.3 is 15.6 Å². The molecule has 6 nitrogen and oxygen atoms in total. The topological polar surface area (TPSA) is 107 Å². The zero-order valence-electron chi connectivity index (χ0n) is 24.4. The van der Waals surface area contributed by atoms with Crippen LogP contribution < -0.4 is 5.73 Å². The third-order valence-corrected chi connectivity index (χ3v) is 8.61. The molecule has 1 saturated heterocycles. The lowest BCUT2D eigenvalue weighted by molar-refractivity contribution is -0.190. The molecule has 6 heteroatoms. The summed E-state index contributed by atoms with van der Waals surface area (Å²) in [6, 6.07) is 0. The van der Waals surface area contributed by atoms with Crippen molar-refractivity contribution in [1.29, 1.82) is 0 Å². The van der Waals surface area contributed by atoms with Gasteiger partial charge in [-0.1, -0.05) is 130 Å². The number of carboxylic acids is 1. The number of unbranched alkanes of at least 4 members (excludes halogenated alkanes) is 14. The van der Waals surface area contributed by atoms with Crippen LogP contribution in [-0.2, 0) is 19.1 Å². The Morgan fingerprint density at radius 1 is 0.838 bits per heavy atom. The lowest BCUT2D eigenvalue weighted by Gasteiger charge is -2.43. The highest BCUT2D eigenvalue weighted by molar-refractivity contribution is 6.01. The predicted molar refractivity (Wildman–Crippen MR) is 150 cm³/mol. The predicted octanol–water partition coefficient (Wildman–Crippen LogP) is 7.81. The number of aliphatic carboxylic acids is 1. The van der Waals surface area contributed by atoms with Gasteiger partial charge in [0.1, 0.15) is 6.10 Å². The highest BCUT2D eigenvalue weighted by Gasteiger charge is 2.55. The van der Waals surface area contributed by atoms with Gasteiger partial charge in [-0.2, -0.15) is 0 Å². The Balaban J connectivity index is 2.44. The largest absolute Gasteiger partial charge is 0.480 e. The Morgan fingerprint density at radius 2 is 1.30 bits per heavy atom. The van der Waals surface area contributed by atoms with E-state index < -0.39 is 29.1 Å². The summed E-state index contributed by atoms with van der Waals surface area (Å²) in [4.78, 5) is 37.0. The van der Waals surface area contributed by atoms with Crippen molar-refractivity contribution in [2.75, 3.05) is 0 Å². The molecule has 0 radical (unpaired) electrons. The van der Waals surface area contributed by atoms with Crippen molar-refractivity contribution >= 4 is 17.8 Å². The lowest BCUT2D eigenvalue weighted by Crippen LogP contribution is -2.56. The molecular formula is C31H57NO5. The van der Waals surface area contributed by atoms with Gasteiger partial charge in [0.25, 0.3) is 0 Å². The first-order valence-corrected chi connectivity index (χ1v) is 15.5. The van der Waals surface area contributed by atoms with Crippen LogP contribution >= 0.6 is 0 Å². The fraction of sp³-hybridized carbons (Fsp3) is 0.903. The number of esters is 1. The molecule has 0 spiro atoms. The zero-order chi connectivity index (χ0) is 27.7. The Bertz CT molecular complexity index is 648. The summed E-state index contributed by atoms with van der Waals surface area (Å²) in [5, 5.41) is 10.2. The number of hydrogen-bond donors (Lipinski definition) is 2. The van der Waals surface area contributed by atoms with Crippen molar-refractivity contribution in [3.8, 4) is 0 Å². The summed E-state index contributed by atoms with van der Waals surface area (Å²) in [7, 11) is 0. The van der Waals surface area contributed by atoms with Crippen LogP contribution in [0.25, 0.3) is 0 Å². The molecule has 0 aromatic carbocycles. The third kappa shape index (κ3) is 10.6. The SMILES string of the molecule is CCCCCCCCCCCCCCCCC[C@@H](C[C@H]1OC(=O)[C@@H]1CCC)[C@](C(N)=O)(C(=O)O)C(C)C. The zero-order valence-corrected chi connectivity index (χ0v) is 24.4. The molecule has 1 amide bonds. The van der Waals surface area contributed by atoms with Crippen LogP contribution in [0.1, 0.15) is 150 Å². The maximum absolute atomic E-state index is 12.6. The van der Waals surface area contributed by atoms with E-state index in [1.807, 2.05) is 6.92 Å². The Labute approximate surface area is 226 Å². The van der Waals surface area contributed by atoms with E-state index in [-0.39, 0.29) is 18.0 Å². The van der Waals surface area contributed by atoms with Gasteiger partial charge in [0.05, 0.1) is 5.92 Å². The lowest BCUT2D eigenvalue weighted by atomic mass is 9.62. The molecule has 0 saturated carbocycles. The van der Waals surface area contributed by atoms with Crippen LogP contribution in [0.2, 0.25) is 0 Å². The molecule has 4 atom stereocenters. The summed E-state index contributed by atoms with van der Waals surface area (Å²) in [6.45, 7) is 7.80. The quantitative estimate of drug-likeness (QED) is 0.0762. The maximum Gasteiger partial charge on any atom is 0.319 e. The molecule has 0 aromatic heterocycles. The Kier molecular flexibility index (Phi) is 16.8. The monoisotopic (exact) mass is 523 g/mol. The number of carboxylic acid groups (broad SMARTS) is 1. The second-order valence-corrected chi connectivity index (χ2v) is 11.7. The first-order chi connectivity index (χ1) is 17.7. The average Bonchev–Trinajstić information content (AvgIpc) is 2.84. The Morgan fingerprint density at radius 3 is 1.65 bits per heavy atom. The molecule has 1 rings (SSSR count). The number of amides is 1. The minimum atomic E-state index is -1.64. The first kappa shape index (κ1) is 33.4. The van der Waals surface area contributed by atoms with E-state index in [0.717, 1.165) is 32.1 Å². The number of cyclic esters (lactones) is 1. The van der Waals surface area contributed by atoms with Crippen molar-refractivity contribution < 1.29 is 24.2 Å². The number of carbonyl (C=O) groups is 3. The number of hydrogen-bond acceptors (Lipinski definition) is 4. The van der Waals surface area contributed by atoms with Gasteiger partial charge in [0, 0.05) is 0 Å². The van der Waals surface area contributed by atoms with Crippen LogP contribution in [0.15, 0.2) is 0 Å². The second kappa shape index (κ2) is 18.6. The molecule has 1 fully saturated rings. The smallest absolute Gasteiger partial charge is 0.319 e. The molecule has 0 unspecified atom stereocenters. The van der Waals surface area contributed by atoms with Crippen molar-refractivity contribution in [1.82, 2.24) is 0 Å². The third-order valence-electron chi connectivity index (χ3n) is 8.61. The average molecular weight is 524 g/mol. The van der Waals surface area contributed by atoms with Crippen LogP contribution in [0, 0.1) is 23.2 Å². The van der Waals surface area contributed by atoms with Crippen molar-refractivity contribution in [2.45, 2.75) is 156 Å². The highest BCUT2D eigenvalue weighted by Crippen LogP contribution is 2.45. The Hall–Kier alpha value is -1.59. The maximum atomic E-state index is 12.6. The second-order valence-electron chi connectivity index (χ2n) is 11.7. The van der Waals surface area contributed by atoms with Crippen LogP contribution in [0.5, 0.6) is 0 Å². The number of carbonyl (C=O) groups excluding carboxylic acids is 2. The molecule has 216 valence electrons. The molecule has 0 aliphatic carbocycles. The van der Waals surface area contributed by atoms with Gasteiger partial charge in [0.15, 0.2) is 5.41 Å². The molecule has 0 aromatic rings. The molecule has 1 aliphatic rings. The molecule has 37 heavy (non-hydrogen) atoms. The van der Waals surface area contributed by atoms with Gasteiger partial charge in [-0.15, -0.1) is 0 Å². The normalized spacial score (nSPS) is 19.8. The van der Waals surface area contributed by atoms with Gasteiger partial charge in [-0.3, -0.25) is 14.4 Å². The van der Waals surface area contributed by atoms with E-state index in [4.69, 9.17) is 10.5 Å². The summed E-state index contributed by atoms with van der Waals surface area (Å²) in [6.07, 6.45) is 21.3.